The minimum atomic E-state index is -0.256. The van der Waals surface area contributed by atoms with Crippen molar-refractivity contribution < 1.29 is 0 Å². The van der Waals surface area contributed by atoms with E-state index in [1.165, 1.54) is 0 Å². The van der Waals surface area contributed by atoms with E-state index in [4.69, 9.17) is 11.6 Å². The fraction of sp³-hybridized carbons (Fsp3) is 0.100. The summed E-state index contributed by atoms with van der Waals surface area (Å²) in [4.78, 5) is 15.5. The molecule has 0 spiro atoms. The van der Waals surface area contributed by atoms with E-state index in [1.807, 2.05) is 6.92 Å². The van der Waals surface area contributed by atoms with E-state index in [0.717, 1.165) is 11.1 Å². The molecule has 1 N–H and O–H groups in total. The fourth-order valence-electron chi connectivity index (χ4n) is 1.36. The summed E-state index contributed by atoms with van der Waals surface area (Å²) < 4.78 is 0. The number of halogens is 1. The molecule has 0 fully saturated rings. The lowest BCUT2D eigenvalue weighted by atomic mass is 10.1. The Morgan fingerprint density at radius 3 is 2.93 bits per heavy atom. The topological polar surface area (TPSA) is 58.6 Å². The second-order valence-corrected chi connectivity index (χ2v) is 3.51. The van der Waals surface area contributed by atoms with Crippen molar-refractivity contribution in [2.75, 3.05) is 0 Å². The summed E-state index contributed by atoms with van der Waals surface area (Å²) in [6.45, 7) is 1.89. The molecule has 0 amide bonds. The third-order valence-corrected chi connectivity index (χ3v) is 2.28. The summed E-state index contributed by atoms with van der Waals surface area (Å²) in [5.74, 6) is 0. The number of H-pyrrole nitrogens is 1. The summed E-state index contributed by atoms with van der Waals surface area (Å²) in [6.07, 6.45) is 3.33. The van der Waals surface area contributed by atoms with Crippen LogP contribution in [0.3, 0.4) is 0 Å². The number of aromatic amines is 1. The van der Waals surface area contributed by atoms with Crippen LogP contribution in [0.25, 0.3) is 11.1 Å². The van der Waals surface area contributed by atoms with Crippen LogP contribution in [0.2, 0.25) is 5.15 Å². The van der Waals surface area contributed by atoms with Crippen molar-refractivity contribution in [3.05, 3.63) is 45.6 Å². The highest BCUT2D eigenvalue weighted by Gasteiger charge is 2.07. The predicted octanol–water partition coefficient (Wildman–Crippen LogP) is 1.79. The molecule has 15 heavy (non-hydrogen) atoms. The third kappa shape index (κ3) is 1.89. The van der Waals surface area contributed by atoms with Crippen LogP contribution < -0.4 is 5.56 Å². The lowest BCUT2D eigenvalue weighted by molar-refractivity contribution is 0.991. The van der Waals surface area contributed by atoms with E-state index in [9.17, 15) is 4.79 Å². The first-order valence-electron chi connectivity index (χ1n) is 4.34. The number of nitrogens with zero attached hydrogens (tertiary/aromatic N) is 2. The van der Waals surface area contributed by atoms with Gasteiger partial charge >= 0.3 is 0 Å². The Morgan fingerprint density at radius 2 is 2.20 bits per heavy atom. The number of pyridine rings is 1. The summed E-state index contributed by atoms with van der Waals surface area (Å²) in [5.41, 5.74) is 1.99. The molecule has 2 aromatic heterocycles. The Hall–Kier alpha value is -1.68. The Kier molecular flexibility index (Phi) is 2.51. The molecule has 0 aliphatic heterocycles. The largest absolute Gasteiger partial charge is 0.272 e. The van der Waals surface area contributed by atoms with Gasteiger partial charge in [-0.1, -0.05) is 11.6 Å². The van der Waals surface area contributed by atoms with Gasteiger partial charge in [0, 0.05) is 12.4 Å². The molecule has 0 unspecified atom stereocenters. The van der Waals surface area contributed by atoms with Crippen LogP contribution in [0.15, 0.2) is 29.3 Å². The summed E-state index contributed by atoms with van der Waals surface area (Å²) >= 11 is 5.72. The lowest BCUT2D eigenvalue weighted by Gasteiger charge is -2.03. The highest BCUT2D eigenvalue weighted by Crippen LogP contribution is 2.19. The van der Waals surface area contributed by atoms with Gasteiger partial charge in [0.05, 0.1) is 5.56 Å². The summed E-state index contributed by atoms with van der Waals surface area (Å²) in [6, 6.07) is 3.32. The van der Waals surface area contributed by atoms with E-state index < -0.39 is 0 Å². The number of aromatic nitrogens is 3. The molecular weight excluding hydrogens is 214 g/mol. The van der Waals surface area contributed by atoms with E-state index in [-0.39, 0.29) is 10.7 Å². The summed E-state index contributed by atoms with van der Waals surface area (Å²) in [5, 5.41) is 6.21. The van der Waals surface area contributed by atoms with Crippen molar-refractivity contribution in [2.45, 2.75) is 6.92 Å². The van der Waals surface area contributed by atoms with Gasteiger partial charge in [-0.3, -0.25) is 9.78 Å². The SMILES string of the molecule is Cc1cnccc1-c1cc(Cl)n[nH]c1=O. The maximum atomic E-state index is 11.5. The monoisotopic (exact) mass is 221 g/mol. The van der Waals surface area contributed by atoms with Crippen LogP contribution in [-0.2, 0) is 0 Å². The average Bonchev–Trinajstić information content (AvgIpc) is 2.23. The van der Waals surface area contributed by atoms with E-state index in [1.54, 1.807) is 24.5 Å². The smallest absolute Gasteiger partial charge is 0.267 e. The van der Waals surface area contributed by atoms with Gasteiger partial charge in [-0.05, 0) is 30.2 Å². The molecule has 0 bridgehead atoms. The summed E-state index contributed by atoms with van der Waals surface area (Å²) in [7, 11) is 0. The molecule has 0 aliphatic carbocycles. The fourth-order valence-corrected chi connectivity index (χ4v) is 1.51. The lowest BCUT2D eigenvalue weighted by Crippen LogP contribution is -2.11. The molecule has 0 radical (unpaired) electrons. The van der Waals surface area contributed by atoms with Crippen molar-refractivity contribution in [3.63, 3.8) is 0 Å². The first-order chi connectivity index (χ1) is 7.18. The van der Waals surface area contributed by atoms with Crippen LogP contribution in [0, 0.1) is 6.92 Å². The number of rotatable bonds is 1. The highest BCUT2D eigenvalue weighted by atomic mass is 35.5. The zero-order chi connectivity index (χ0) is 10.8. The maximum absolute atomic E-state index is 11.5. The molecule has 4 nitrogen and oxygen atoms in total. The quantitative estimate of drug-likeness (QED) is 0.799. The minimum Gasteiger partial charge on any atom is -0.267 e. The van der Waals surface area contributed by atoms with E-state index in [0.29, 0.717) is 5.56 Å². The second-order valence-electron chi connectivity index (χ2n) is 3.12. The molecule has 0 saturated carbocycles. The molecule has 0 aromatic carbocycles. The van der Waals surface area contributed by atoms with Gasteiger partial charge in [0.25, 0.3) is 5.56 Å². The van der Waals surface area contributed by atoms with Crippen molar-refractivity contribution >= 4 is 11.6 Å². The molecule has 0 atom stereocenters. The number of hydrogen-bond acceptors (Lipinski definition) is 3. The Labute approximate surface area is 90.9 Å². The van der Waals surface area contributed by atoms with Gasteiger partial charge in [0.2, 0.25) is 0 Å². The van der Waals surface area contributed by atoms with Gasteiger partial charge < -0.3 is 0 Å². The molecule has 5 heteroatoms. The number of aryl methyl sites for hydroxylation is 1. The maximum Gasteiger partial charge on any atom is 0.272 e. The highest BCUT2D eigenvalue weighted by molar-refractivity contribution is 6.29. The molecule has 2 aromatic rings. The molecule has 0 saturated heterocycles. The molecular formula is C10H8ClN3O. The first-order valence-corrected chi connectivity index (χ1v) is 4.72. The zero-order valence-corrected chi connectivity index (χ0v) is 8.75. The Morgan fingerprint density at radius 1 is 1.40 bits per heavy atom. The number of nitrogens with one attached hydrogen (secondary N) is 1. The first kappa shape index (κ1) is 9.86. The van der Waals surface area contributed by atoms with Crippen LogP contribution >= 0.6 is 11.6 Å². The number of hydrogen-bond donors (Lipinski definition) is 1. The van der Waals surface area contributed by atoms with Gasteiger partial charge in [0.1, 0.15) is 5.15 Å². The van der Waals surface area contributed by atoms with Crippen LogP contribution in [0.4, 0.5) is 0 Å². The van der Waals surface area contributed by atoms with Crippen molar-refractivity contribution in [1.29, 1.82) is 0 Å². The van der Waals surface area contributed by atoms with Crippen LogP contribution in [0.5, 0.6) is 0 Å². The molecule has 2 rings (SSSR count). The molecule has 0 aliphatic rings. The molecule has 2 heterocycles. The predicted molar refractivity (Wildman–Crippen MR) is 57.8 cm³/mol. The van der Waals surface area contributed by atoms with Gasteiger partial charge in [-0.25, -0.2) is 5.10 Å². The average molecular weight is 222 g/mol. The normalized spacial score (nSPS) is 10.3. The van der Waals surface area contributed by atoms with Gasteiger partial charge in [-0.15, -0.1) is 0 Å². The van der Waals surface area contributed by atoms with Gasteiger partial charge in [0.15, 0.2) is 0 Å². The standard InChI is InChI=1S/C10H8ClN3O/c1-6-5-12-3-2-7(6)8-4-9(11)13-14-10(8)15/h2-5H,1H3,(H,14,15). The van der Waals surface area contributed by atoms with Gasteiger partial charge in [-0.2, -0.15) is 5.10 Å². The van der Waals surface area contributed by atoms with Crippen molar-refractivity contribution in [2.24, 2.45) is 0 Å². The van der Waals surface area contributed by atoms with E-state index >= 15 is 0 Å². The van der Waals surface area contributed by atoms with Crippen LogP contribution in [0.1, 0.15) is 5.56 Å². The zero-order valence-electron chi connectivity index (χ0n) is 7.99. The minimum absolute atomic E-state index is 0.256. The second kappa shape index (κ2) is 3.82. The van der Waals surface area contributed by atoms with E-state index in [2.05, 4.69) is 15.2 Å². The Balaban J connectivity index is 2.69. The van der Waals surface area contributed by atoms with Crippen LogP contribution in [-0.4, -0.2) is 15.2 Å². The molecule has 76 valence electrons. The Bertz CT molecular complexity index is 550. The third-order valence-electron chi connectivity index (χ3n) is 2.08. The van der Waals surface area contributed by atoms with Crippen molar-refractivity contribution in [1.82, 2.24) is 15.2 Å². The van der Waals surface area contributed by atoms with Crippen molar-refractivity contribution in [3.8, 4) is 11.1 Å².